The Morgan fingerprint density at radius 2 is 2.26 bits per heavy atom. The van der Waals surface area contributed by atoms with Crippen LogP contribution in [0.3, 0.4) is 0 Å². The van der Waals surface area contributed by atoms with E-state index in [1.165, 1.54) is 0 Å². The number of hydroxylamine groups is 1. The molecule has 0 saturated carbocycles. The van der Waals surface area contributed by atoms with Gasteiger partial charge in [-0.3, -0.25) is 4.79 Å². The van der Waals surface area contributed by atoms with Gasteiger partial charge in [0.25, 0.3) is 0 Å². The average Bonchev–Trinajstić information content (AvgIpc) is 2.67. The van der Waals surface area contributed by atoms with Gasteiger partial charge < -0.3 is 9.63 Å². The van der Waals surface area contributed by atoms with Crippen molar-refractivity contribution in [3.05, 3.63) is 34.9 Å². The Morgan fingerprint density at radius 1 is 1.44 bits per heavy atom. The van der Waals surface area contributed by atoms with E-state index in [2.05, 4.69) is 11.5 Å². The number of carbonyl (C=O) groups is 2. The van der Waals surface area contributed by atoms with Crippen LogP contribution >= 0.6 is 35.1 Å². The fourth-order valence-electron chi connectivity index (χ4n) is 2.94. The summed E-state index contributed by atoms with van der Waals surface area (Å²) >= 11 is 9.67. The van der Waals surface area contributed by atoms with Gasteiger partial charge in [-0.15, -0.1) is 23.5 Å². The standard InChI is InChI=1S/C20H26ClNO3S2/c1-3-25-22-16(13-23)11-15-5-4-14(10-19(15)24)8-9-27-17-6-7-20(26-2)18(21)12-17/h5-7,12-14,16,22H,3-4,8-11H2,1-2H3. The number of carbonyl (C=O) groups excluding carboxylic acids is 2. The zero-order valence-corrected chi connectivity index (χ0v) is 18.1. The largest absolute Gasteiger partial charge is 0.302 e. The minimum absolute atomic E-state index is 0.147. The Kier molecular flexibility index (Phi) is 9.93. The number of halogens is 1. The molecule has 0 fully saturated rings. The number of thioether (sulfide) groups is 2. The molecule has 0 saturated heterocycles. The average molecular weight is 428 g/mol. The van der Waals surface area contributed by atoms with Crippen molar-refractivity contribution in [3.8, 4) is 0 Å². The van der Waals surface area contributed by atoms with Gasteiger partial charge in [0.1, 0.15) is 6.29 Å². The minimum atomic E-state index is -0.471. The number of hydrogen-bond donors (Lipinski definition) is 1. The van der Waals surface area contributed by atoms with Crippen LogP contribution in [0.4, 0.5) is 0 Å². The monoisotopic (exact) mass is 427 g/mol. The van der Waals surface area contributed by atoms with E-state index in [-0.39, 0.29) is 5.78 Å². The van der Waals surface area contributed by atoms with E-state index >= 15 is 0 Å². The fraction of sp³-hybridized carbons (Fsp3) is 0.500. The maximum Gasteiger partial charge on any atom is 0.158 e. The highest BCUT2D eigenvalue weighted by Crippen LogP contribution is 2.32. The molecule has 1 aliphatic rings. The van der Waals surface area contributed by atoms with Crippen LogP contribution in [0.15, 0.2) is 39.6 Å². The topological polar surface area (TPSA) is 55.4 Å². The zero-order valence-electron chi connectivity index (χ0n) is 15.7. The van der Waals surface area contributed by atoms with Crippen molar-refractivity contribution in [2.24, 2.45) is 5.92 Å². The van der Waals surface area contributed by atoms with E-state index in [4.69, 9.17) is 16.4 Å². The highest BCUT2D eigenvalue weighted by molar-refractivity contribution is 7.99. The van der Waals surface area contributed by atoms with E-state index in [1.807, 2.05) is 31.4 Å². The smallest absolute Gasteiger partial charge is 0.158 e. The Morgan fingerprint density at radius 3 is 2.89 bits per heavy atom. The Balaban J connectivity index is 1.79. The molecule has 2 unspecified atom stereocenters. The minimum Gasteiger partial charge on any atom is -0.302 e. The second kappa shape index (κ2) is 11.9. The van der Waals surface area contributed by atoms with Crippen LogP contribution < -0.4 is 5.48 Å². The lowest BCUT2D eigenvalue weighted by Gasteiger charge is -2.22. The van der Waals surface area contributed by atoms with Crippen molar-refractivity contribution in [3.63, 3.8) is 0 Å². The first-order valence-corrected chi connectivity index (χ1v) is 11.7. The van der Waals surface area contributed by atoms with Gasteiger partial charge in [0.2, 0.25) is 0 Å². The Bertz CT molecular complexity index is 681. The number of ketones is 1. The van der Waals surface area contributed by atoms with Gasteiger partial charge in [-0.25, -0.2) is 0 Å². The molecule has 1 aliphatic carbocycles. The van der Waals surface area contributed by atoms with E-state index in [9.17, 15) is 9.59 Å². The van der Waals surface area contributed by atoms with Gasteiger partial charge in [0, 0.05) is 16.2 Å². The van der Waals surface area contributed by atoms with Crippen LogP contribution in [0.25, 0.3) is 0 Å². The van der Waals surface area contributed by atoms with Crippen LogP contribution in [0.2, 0.25) is 5.02 Å². The molecule has 27 heavy (non-hydrogen) atoms. The summed E-state index contributed by atoms with van der Waals surface area (Å²) < 4.78 is 0. The molecule has 0 spiro atoms. The molecule has 1 aromatic carbocycles. The molecule has 4 nitrogen and oxygen atoms in total. The summed E-state index contributed by atoms with van der Waals surface area (Å²) in [4.78, 5) is 30.8. The third kappa shape index (κ3) is 7.27. The lowest BCUT2D eigenvalue weighted by Crippen LogP contribution is -2.32. The predicted molar refractivity (Wildman–Crippen MR) is 114 cm³/mol. The summed E-state index contributed by atoms with van der Waals surface area (Å²) in [6, 6.07) is 5.68. The first-order chi connectivity index (χ1) is 13.1. The predicted octanol–water partition coefficient (Wildman–Crippen LogP) is 4.95. The third-order valence-corrected chi connectivity index (χ3v) is 6.68. The van der Waals surface area contributed by atoms with Crippen molar-refractivity contribution in [2.75, 3.05) is 18.6 Å². The van der Waals surface area contributed by atoms with Crippen molar-refractivity contribution < 1.29 is 14.4 Å². The quantitative estimate of drug-likeness (QED) is 0.306. The molecule has 2 atom stereocenters. The molecule has 1 N–H and O–H groups in total. The van der Waals surface area contributed by atoms with Crippen molar-refractivity contribution >= 4 is 47.2 Å². The summed E-state index contributed by atoms with van der Waals surface area (Å²) in [5, 5.41) is 0.790. The molecule has 148 valence electrons. The Labute approximate surface area is 174 Å². The van der Waals surface area contributed by atoms with Crippen LogP contribution in [-0.4, -0.2) is 36.7 Å². The molecule has 7 heteroatoms. The molecular formula is C20H26ClNO3S2. The first-order valence-electron chi connectivity index (χ1n) is 9.08. The van der Waals surface area contributed by atoms with Crippen LogP contribution in [0.5, 0.6) is 0 Å². The molecular weight excluding hydrogens is 402 g/mol. The maximum atomic E-state index is 12.4. The second-order valence-corrected chi connectivity index (χ2v) is 8.81. The molecule has 0 amide bonds. The molecule has 0 aromatic heterocycles. The van der Waals surface area contributed by atoms with Gasteiger partial charge in [-0.2, -0.15) is 5.48 Å². The van der Waals surface area contributed by atoms with Gasteiger partial charge >= 0.3 is 0 Å². The van der Waals surface area contributed by atoms with Crippen molar-refractivity contribution in [2.45, 2.75) is 48.4 Å². The number of aldehydes is 1. The lowest BCUT2D eigenvalue weighted by atomic mass is 9.85. The van der Waals surface area contributed by atoms with Gasteiger partial charge in [0.05, 0.1) is 17.7 Å². The first kappa shape index (κ1) is 22.5. The maximum absolute atomic E-state index is 12.4. The molecule has 2 rings (SSSR count). The lowest BCUT2D eigenvalue weighted by molar-refractivity contribution is -0.117. The van der Waals surface area contributed by atoms with Crippen molar-refractivity contribution in [1.29, 1.82) is 0 Å². The van der Waals surface area contributed by atoms with E-state index in [0.717, 1.165) is 45.3 Å². The normalized spacial score (nSPS) is 18.3. The summed E-state index contributed by atoms with van der Waals surface area (Å²) in [5.41, 5.74) is 3.43. The van der Waals surface area contributed by atoms with Gasteiger partial charge in [0.15, 0.2) is 5.78 Å². The highest BCUT2D eigenvalue weighted by Gasteiger charge is 2.23. The number of rotatable bonds is 11. The van der Waals surface area contributed by atoms with Crippen LogP contribution in [0, 0.1) is 5.92 Å². The second-order valence-electron chi connectivity index (χ2n) is 6.39. The number of Topliss-reactive ketones (excluding diaryl/α,β-unsaturated/α-hetero) is 1. The number of nitrogens with one attached hydrogen (secondary N) is 1. The molecule has 0 radical (unpaired) electrons. The van der Waals surface area contributed by atoms with Crippen LogP contribution in [-0.2, 0) is 14.4 Å². The molecule has 0 bridgehead atoms. The SMILES string of the molecule is CCONC(C=O)CC1=CCC(CCSc2ccc(SC)c(Cl)c2)CC1=O. The third-order valence-electron chi connectivity index (χ3n) is 4.43. The van der Waals surface area contributed by atoms with Crippen molar-refractivity contribution in [1.82, 2.24) is 5.48 Å². The molecule has 1 aromatic rings. The van der Waals surface area contributed by atoms with E-state index in [1.54, 1.807) is 23.5 Å². The zero-order chi connectivity index (χ0) is 19.6. The van der Waals surface area contributed by atoms with E-state index in [0.29, 0.717) is 25.4 Å². The van der Waals surface area contributed by atoms with Crippen LogP contribution in [0.1, 0.15) is 32.6 Å². The van der Waals surface area contributed by atoms with Gasteiger partial charge in [-0.1, -0.05) is 17.7 Å². The fourth-order valence-corrected chi connectivity index (χ4v) is 4.93. The molecule has 0 aliphatic heterocycles. The summed E-state index contributed by atoms with van der Waals surface area (Å²) in [6.07, 6.45) is 7.61. The molecule has 0 heterocycles. The Hall–Kier alpha value is -0.790. The van der Waals surface area contributed by atoms with Gasteiger partial charge in [-0.05, 0) is 67.9 Å². The highest BCUT2D eigenvalue weighted by atomic mass is 35.5. The number of allylic oxidation sites excluding steroid dienone is 1. The summed E-state index contributed by atoms with van der Waals surface area (Å²) in [6.45, 7) is 2.32. The number of benzene rings is 1. The summed E-state index contributed by atoms with van der Waals surface area (Å²) in [5.74, 6) is 1.47. The summed E-state index contributed by atoms with van der Waals surface area (Å²) in [7, 11) is 0. The van der Waals surface area contributed by atoms with E-state index < -0.39 is 6.04 Å². The number of hydrogen-bond acceptors (Lipinski definition) is 6.